The van der Waals surface area contributed by atoms with Crippen molar-refractivity contribution in [1.82, 2.24) is 0 Å². The summed E-state index contributed by atoms with van der Waals surface area (Å²) in [4.78, 5) is 11.8. The van der Waals surface area contributed by atoms with Gasteiger partial charge >= 0.3 is 6.09 Å². The predicted octanol–water partition coefficient (Wildman–Crippen LogP) is 5.14. The van der Waals surface area contributed by atoms with Gasteiger partial charge in [0, 0.05) is 22.8 Å². The number of ether oxygens (including phenoxy) is 1. The Kier molecular flexibility index (Phi) is 5.74. The molecule has 0 heterocycles. The highest BCUT2D eigenvalue weighted by Crippen LogP contribution is 2.25. The number of benzene rings is 2. The van der Waals surface area contributed by atoms with Crippen LogP contribution in [-0.4, -0.2) is 16.8 Å². The molecular formula is C18H20ClFN2O3. The first-order valence-corrected chi connectivity index (χ1v) is 8.03. The fraction of sp³-hybridized carbons (Fsp3) is 0.278. The summed E-state index contributed by atoms with van der Waals surface area (Å²) >= 11 is 5.89. The van der Waals surface area contributed by atoms with Crippen LogP contribution in [-0.2, 0) is 11.3 Å². The van der Waals surface area contributed by atoms with E-state index in [0.29, 0.717) is 16.3 Å². The van der Waals surface area contributed by atoms with Gasteiger partial charge in [-0.1, -0.05) is 11.6 Å². The van der Waals surface area contributed by atoms with Gasteiger partial charge in [-0.25, -0.2) is 9.18 Å². The minimum atomic E-state index is -0.630. The molecule has 25 heavy (non-hydrogen) atoms. The molecule has 0 aliphatic rings. The van der Waals surface area contributed by atoms with Crippen LogP contribution in [0.25, 0.3) is 0 Å². The Labute approximate surface area is 150 Å². The number of aromatic hydroxyl groups is 1. The van der Waals surface area contributed by atoms with Gasteiger partial charge in [0.2, 0.25) is 0 Å². The fourth-order valence-electron chi connectivity index (χ4n) is 2.05. The third-order valence-corrected chi connectivity index (χ3v) is 3.36. The largest absolute Gasteiger partial charge is 0.508 e. The van der Waals surface area contributed by atoms with Crippen LogP contribution in [0, 0.1) is 5.82 Å². The second-order valence-corrected chi connectivity index (χ2v) is 6.88. The lowest BCUT2D eigenvalue weighted by Gasteiger charge is -2.20. The number of rotatable bonds is 4. The van der Waals surface area contributed by atoms with Gasteiger partial charge in [-0.05, 0) is 57.2 Å². The maximum atomic E-state index is 14.0. The molecule has 0 atom stereocenters. The Hall–Kier alpha value is -2.47. The summed E-state index contributed by atoms with van der Waals surface area (Å²) in [6.45, 7) is 5.42. The van der Waals surface area contributed by atoms with Crippen LogP contribution in [0.3, 0.4) is 0 Å². The minimum absolute atomic E-state index is 0.0559. The normalized spacial score (nSPS) is 11.1. The van der Waals surface area contributed by atoms with Crippen LogP contribution in [0.2, 0.25) is 5.02 Å². The van der Waals surface area contributed by atoms with Crippen molar-refractivity contribution in [2.45, 2.75) is 32.9 Å². The zero-order chi connectivity index (χ0) is 18.6. The molecule has 0 bridgehead atoms. The number of hydrogen-bond donors (Lipinski definition) is 3. The Balaban J connectivity index is 2.08. The molecule has 0 saturated carbocycles. The topological polar surface area (TPSA) is 70.6 Å². The minimum Gasteiger partial charge on any atom is -0.508 e. The SMILES string of the molecule is CC(C)(C)OC(=O)Nc1ccc(F)c(NCc2cc(Cl)ccc2O)c1. The van der Waals surface area contributed by atoms with E-state index in [1.165, 1.54) is 24.3 Å². The van der Waals surface area contributed by atoms with Crippen LogP contribution in [0.1, 0.15) is 26.3 Å². The van der Waals surface area contributed by atoms with Gasteiger partial charge in [-0.3, -0.25) is 5.32 Å². The second-order valence-electron chi connectivity index (χ2n) is 6.45. The molecule has 0 aliphatic carbocycles. The number of nitrogens with one attached hydrogen (secondary N) is 2. The Morgan fingerprint density at radius 2 is 1.96 bits per heavy atom. The van der Waals surface area contributed by atoms with Crippen LogP contribution < -0.4 is 10.6 Å². The Bertz CT molecular complexity index is 775. The summed E-state index contributed by atoms with van der Waals surface area (Å²) in [6.07, 6.45) is -0.627. The van der Waals surface area contributed by atoms with Crippen molar-refractivity contribution in [1.29, 1.82) is 0 Å². The molecule has 2 rings (SSSR count). The van der Waals surface area contributed by atoms with Crippen LogP contribution >= 0.6 is 11.6 Å². The molecule has 0 radical (unpaired) electrons. The van der Waals surface area contributed by atoms with Gasteiger partial charge in [-0.15, -0.1) is 0 Å². The van der Waals surface area contributed by atoms with Crippen LogP contribution in [0.5, 0.6) is 5.75 Å². The summed E-state index contributed by atoms with van der Waals surface area (Å²) in [5, 5.41) is 15.7. The van der Waals surface area contributed by atoms with E-state index in [1.807, 2.05) is 0 Å². The molecule has 0 unspecified atom stereocenters. The monoisotopic (exact) mass is 366 g/mol. The highest BCUT2D eigenvalue weighted by atomic mass is 35.5. The molecule has 2 aromatic rings. The molecule has 5 nitrogen and oxygen atoms in total. The number of carbonyl (C=O) groups excluding carboxylic acids is 1. The van der Waals surface area contributed by atoms with Crippen molar-refractivity contribution >= 4 is 29.1 Å². The maximum absolute atomic E-state index is 14.0. The Morgan fingerprint density at radius 3 is 2.64 bits per heavy atom. The molecular weight excluding hydrogens is 347 g/mol. The van der Waals surface area contributed by atoms with Gasteiger partial charge in [0.05, 0.1) is 5.69 Å². The summed E-state index contributed by atoms with van der Waals surface area (Å²) < 4.78 is 19.1. The number of carbonyl (C=O) groups is 1. The van der Waals surface area contributed by atoms with Crippen molar-refractivity contribution in [3.8, 4) is 5.75 Å². The molecule has 2 aromatic carbocycles. The zero-order valence-corrected chi connectivity index (χ0v) is 14.9. The van der Waals surface area contributed by atoms with E-state index >= 15 is 0 Å². The van der Waals surface area contributed by atoms with Gasteiger partial charge < -0.3 is 15.2 Å². The van der Waals surface area contributed by atoms with E-state index in [9.17, 15) is 14.3 Å². The van der Waals surface area contributed by atoms with E-state index < -0.39 is 17.5 Å². The van der Waals surface area contributed by atoms with Crippen molar-refractivity contribution in [2.75, 3.05) is 10.6 Å². The number of phenolic OH excluding ortho intramolecular Hbond substituents is 1. The van der Waals surface area contributed by atoms with E-state index in [0.717, 1.165) is 0 Å². The zero-order valence-electron chi connectivity index (χ0n) is 14.2. The lowest BCUT2D eigenvalue weighted by Crippen LogP contribution is -2.27. The number of anilines is 2. The van der Waals surface area contributed by atoms with Crippen molar-refractivity contribution in [2.24, 2.45) is 0 Å². The summed E-state index contributed by atoms with van der Waals surface area (Å²) in [5.74, 6) is -0.434. The first-order valence-electron chi connectivity index (χ1n) is 7.65. The number of amides is 1. The second kappa shape index (κ2) is 7.61. The van der Waals surface area contributed by atoms with Gasteiger partial charge in [0.15, 0.2) is 0 Å². The lowest BCUT2D eigenvalue weighted by atomic mass is 10.2. The number of phenols is 1. The number of hydrogen-bond acceptors (Lipinski definition) is 4. The first-order chi connectivity index (χ1) is 11.6. The standard InChI is InChI=1S/C18H20ClFN2O3/c1-18(2,3)25-17(24)22-13-5-6-14(20)15(9-13)21-10-11-8-12(19)4-7-16(11)23/h4-9,21,23H,10H2,1-3H3,(H,22,24). The van der Waals surface area contributed by atoms with Gasteiger partial charge in [0.1, 0.15) is 17.2 Å². The molecule has 0 aliphatic heterocycles. The fourth-order valence-corrected chi connectivity index (χ4v) is 2.24. The predicted molar refractivity (Wildman–Crippen MR) is 96.7 cm³/mol. The van der Waals surface area contributed by atoms with Crippen LogP contribution in [0.4, 0.5) is 20.6 Å². The molecule has 0 fully saturated rings. The van der Waals surface area contributed by atoms with Crippen molar-refractivity contribution in [3.63, 3.8) is 0 Å². The van der Waals surface area contributed by atoms with E-state index in [4.69, 9.17) is 16.3 Å². The lowest BCUT2D eigenvalue weighted by molar-refractivity contribution is 0.0636. The summed E-state index contributed by atoms with van der Waals surface area (Å²) in [7, 11) is 0. The average molecular weight is 367 g/mol. The maximum Gasteiger partial charge on any atom is 0.412 e. The van der Waals surface area contributed by atoms with E-state index in [1.54, 1.807) is 32.9 Å². The molecule has 1 amide bonds. The highest BCUT2D eigenvalue weighted by Gasteiger charge is 2.16. The third-order valence-electron chi connectivity index (χ3n) is 3.12. The van der Waals surface area contributed by atoms with Crippen LogP contribution in [0.15, 0.2) is 36.4 Å². The summed E-state index contributed by atoms with van der Waals surface area (Å²) in [6, 6.07) is 8.72. The van der Waals surface area contributed by atoms with Gasteiger partial charge in [0.25, 0.3) is 0 Å². The van der Waals surface area contributed by atoms with Crippen molar-refractivity contribution in [3.05, 3.63) is 52.8 Å². The molecule has 134 valence electrons. The van der Waals surface area contributed by atoms with Gasteiger partial charge in [-0.2, -0.15) is 0 Å². The third kappa shape index (κ3) is 5.83. The van der Waals surface area contributed by atoms with E-state index in [-0.39, 0.29) is 18.0 Å². The molecule has 0 spiro atoms. The Morgan fingerprint density at radius 1 is 1.24 bits per heavy atom. The molecule has 7 heteroatoms. The number of halogens is 2. The van der Waals surface area contributed by atoms with E-state index in [2.05, 4.69) is 10.6 Å². The molecule has 0 aromatic heterocycles. The average Bonchev–Trinajstić information content (AvgIpc) is 2.49. The quantitative estimate of drug-likeness (QED) is 0.700. The first kappa shape index (κ1) is 18.9. The smallest absolute Gasteiger partial charge is 0.412 e. The van der Waals surface area contributed by atoms with Crippen molar-refractivity contribution < 1.29 is 19.0 Å². The highest BCUT2D eigenvalue weighted by molar-refractivity contribution is 6.30. The molecule has 0 saturated heterocycles. The summed E-state index contributed by atoms with van der Waals surface area (Å²) in [5.41, 5.74) is 0.453. The molecule has 3 N–H and O–H groups in total.